The number of oxime groups is 1. The molecule has 0 spiro atoms. The molecule has 1 aromatic heterocycles. The minimum absolute atomic E-state index is 0. The van der Waals surface area contributed by atoms with Gasteiger partial charge in [-0.3, -0.25) is 0 Å². The van der Waals surface area contributed by atoms with Gasteiger partial charge in [0.05, 0.1) is 10.2 Å². The van der Waals surface area contributed by atoms with Crippen LogP contribution in [0, 0.1) is 11.3 Å². The Morgan fingerprint density at radius 3 is 2.94 bits per heavy atom. The number of thioether (sulfide) groups is 1. The average Bonchev–Trinajstić information content (AvgIpc) is 2.68. The molecular weight excluding hydrogens is 253 g/mol. The summed E-state index contributed by atoms with van der Waals surface area (Å²) in [5, 5.41) is 19.9. The van der Waals surface area contributed by atoms with Gasteiger partial charge in [0.15, 0.2) is 4.34 Å². The van der Waals surface area contributed by atoms with Gasteiger partial charge < -0.3 is 6.63 Å². The van der Waals surface area contributed by atoms with Crippen molar-refractivity contribution < 1.29 is 36.2 Å². The topological polar surface area (TPSA) is 69.3 Å². The van der Waals surface area contributed by atoms with Crippen molar-refractivity contribution in [1.82, 2.24) is 4.98 Å². The zero-order valence-corrected chi connectivity index (χ0v) is 12.0. The van der Waals surface area contributed by atoms with Crippen molar-refractivity contribution in [1.29, 1.82) is 5.26 Å². The Bertz CT molecular complexity index is 534. The van der Waals surface area contributed by atoms with Gasteiger partial charge in [0.2, 0.25) is 5.04 Å². The number of hydrogen-bond donors (Lipinski definition) is 1. The second kappa shape index (κ2) is 6.23. The maximum absolute atomic E-state index is 8.58. The molecule has 0 aliphatic heterocycles. The molecule has 7 heteroatoms. The second-order valence-corrected chi connectivity index (χ2v) is 4.83. The van der Waals surface area contributed by atoms with E-state index in [0.717, 1.165) is 22.0 Å². The summed E-state index contributed by atoms with van der Waals surface area (Å²) in [4.78, 5) is 4.29. The van der Waals surface area contributed by atoms with Crippen molar-refractivity contribution in [3.05, 3.63) is 24.3 Å². The van der Waals surface area contributed by atoms with Crippen molar-refractivity contribution in [3.8, 4) is 6.07 Å². The molecule has 0 bridgehead atoms. The van der Waals surface area contributed by atoms with Crippen LogP contribution in [0.15, 0.2) is 33.8 Å². The van der Waals surface area contributed by atoms with Gasteiger partial charge in [0.1, 0.15) is 6.07 Å². The van der Waals surface area contributed by atoms with Crippen LogP contribution in [0.1, 0.15) is 1.43 Å². The normalized spacial score (nSPS) is 10.8. The van der Waals surface area contributed by atoms with Crippen molar-refractivity contribution in [2.75, 3.05) is 0 Å². The summed E-state index contributed by atoms with van der Waals surface area (Å²) >= 11 is 2.53. The fourth-order valence-electron chi connectivity index (χ4n) is 1.04. The summed E-state index contributed by atoms with van der Waals surface area (Å²) in [7, 11) is 0. The number of nitriles is 1. The summed E-state index contributed by atoms with van der Waals surface area (Å²) in [6, 6.07) is 9.47. The maximum atomic E-state index is 8.58. The van der Waals surface area contributed by atoms with E-state index in [2.05, 4.69) is 10.1 Å². The molecule has 0 radical (unpaired) electrons. The Morgan fingerprint density at radius 2 is 2.31 bits per heavy atom. The Morgan fingerprint density at radius 1 is 1.56 bits per heavy atom. The van der Waals surface area contributed by atoms with Gasteiger partial charge in [-0.2, -0.15) is 5.26 Å². The number of fused-ring (bicyclic) bond motifs is 1. The van der Waals surface area contributed by atoms with Gasteiger partial charge in [0, 0.05) is 0 Å². The second-order valence-electron chi connectivity index (χ2n) is 2.57. The first kappa shape index (κ1) is 13.5. The first-order valence-electron chi connectivity index (χ1n) is 3.99. The fraction of sp³-hybridized carbons (Fsp3) is 0. The van der Waals surface area contributed by atoms with Crippen LogP contribution in [-0.2, 0) is 0 Å². The molecule has 4 nitrogen and oxygen atoms in total. The first-order chi connectivity index (χ1) is 7.33. The van der Waals surface area contributed by atoms with Crippen molar-refractivity contribution in [2.24, 2.45) is 5.16 Å². The smallest absolute Gasteiger partial charge is 1.00 e. The van der Waals surface area contributed by atoms with Crippen LogP contribution in [0.25, 0.3) is 10.2 Å². The Labute approximate surface area is 124 Å². The molecular formula is C9H6N3NaOS2. The van der Waals surface area contributed by atoms with Crippen LogP contribution in [0.4, 0.5) is 0 Å². The minimum Gasteiger partial charge on any atom is -1.00 e. The minimum atomic E-state index is -0.00550. The number of hydrogen-bond acceptors (Lipinski definition) is 6. The van der Waals surface area contributed by atoms with Gasteiger partial charge in [-0.25, -0.2) is 4.98 Å². The van der Waals surface area contributed by atoms with Crippen LogP contribution in [0.3, 0.4) is 0 Å². The maximum Gasteiger partial charge on any atom is 1.00 e. The summed E-state index contributed by atoms with van der Waals surface area (Å²) in [5.41, 5.74) is 0.889. The zero-order valence-electron chi connectivity index (χ0n) is 9.41. The van der Waals surface area contributed by atoms with Crippen LogP contribution in [-0.4, -0.2) is 15.2 Å². The van der Waals surface area contributed by atoms with E-state index in [-0.39, 0.29) is 36.0 Å². The monoisotopic (exact) mass is 259 g/mol. The zero-order chi connectivity index (χ0) is 10.7. The van der Waals surface area contributed by atoms with E-state index in [1.54, 1.807) is 6.07 Å². The summed E-state index contributed by atoms with van der Waals surface area (Å²) in [6.45, 7) is 0. The largest absolute Gasteiger partial charge is 1.00 e. The van der Waals surface area contributed by atoms with Crippen molar-refractivity contribution in [3.63, 3.8) is 0 Å². The Kier molecular flexibility index (Phi) is 5.25. The van der Waals surface area contributed by atoms with Gasteiger partial charge in [0.25, 0.3) is 0 Å². The van der Waals surface area contributed by atoms with Crippen LogP contribution in [0.2, 0.25) is 0 Å². The third-order valence-electron chi connectivity index (χ3n) is 1.64. The summed E-state index contributed by atoms with van der Waals surface area (Å²) in [6.07, 6.45) is 0. The van der Waals surface area contributed by atoms with Crippen LogP contribution < -0.4 is 29.6 Å². The number of nitrogens with zero attached hydrogens (tertiary/aromatic N) is 3. The predicted octanol–water partition coefficient (Wildman–Crippen LogP) is -0.184. The molecule has 0 fully saturated rings. The van der Waals surface area contributed by atoms with E-state index in [4.69, 9.17) is 10.5 Å². The van der Waals surface area contributed by atoms with E-state index in [1.807, 2.05) is 24.3 Å². The number of para-hydroxylation sites is 1. The molecule has 0 amide bonds. The van der Waals surface area contributed by atoms with E-state index < -0.39 is 0 Å². The number of thiazole rings is 1. The number of benzene rings is 1. The Balaban J connectivity index is 0.00000128. The molecule has 0 aliphatic carbocycles. The van der Waals surface area contributed by atoms with Gasteiger partial charge in [-0.1, -0.05) is 17.3 Å². The predicted molar refractivity (Wildman–Crippen MR) is 61.4 cm³/mol. The quantitative estimate of drug-likeness (QED) is 0.192. The third-order valence-corrected chi connectivity index (χ3v) is 3.61. The van der Waals surface area contributed by atoms with Crippen molar-refractivity contribution in [2.45, 2.75) is 4.34 Å². The molecule has 1 heterocycles. The van der Waals surface area contributed by atoms with Crippen molar-refractivity contribution >= 4 is 38.4 Å². The number of aromatic nitrogens is 1. The molecule has 76 valence electrons. The average molecular weight is 259 g/mol. The molecule has 0 aliphatic rings. The Hall–Kier alpha value is -0.580. The van der Waals surface area contributed by atoms with E-state index >= 15 is 0 Å². The number of rotatable bonds is 1. The van der Waals surface area contributed by atoms with E-state index in [0.29, 0.717) is 4.34 Å². The van der Waals surface area contributed by atoms with E-state index in [1.165, 1.54) is 11.3 Å². The van der Waals surface area contributed by atoms with Gasteiger partial charge in [-0.15, -0.1) is 11.3 Å². The molecule has 0 saturated heterocycles. The van der Waals surface area contributed by atoms with Gasteiger partial charge in [-0.05, 0) is 23.9 Å². The van der Waals surface area contributed by atoms with Gasteiger partial charge >= 0.3 is 29.6 Å². The molecule has 0 unspecified atom stereocenters. The molecule has 16 heavy (non-hydrogen) atoms. The molecule has 0 saturated carbocycles. The molecule has 2 aromatic rings. The molecule has 0 atom stereocenters. The summed E-state index contributed by atoms with van der Waals surface area (Å²) in [5.74, 6) is 0. The van der Waals surface area contributed by atoms with Crippen LogP contribution >= 0.6 is 23.1 Å². The molecule has 1 aromatic carbocycles. The third kappa shape index (κ3) is 2.97. The fourth-order valence-corrected chi connectivity index (χ4v) is 2.81. The first-order valence-corrected chi connectivity index (χ1v) is 5.62. The van der Waals surface area contributed by atoms with Crippen LogP contribution in [0.5, 0.6) is 0 Å². The van der Waals surface area contributed by atoms with E-state index in [9.17, 15) is 0 Å². The standard InChI is InChI=1S/C9H5N3OS2.Na.H/c10-5-8(12-13)15-9-11-6-3-1-2-4-7(6)14-9;;/h1-4,13H;;/q;+1;-1. The molecule has 2 rings (SSSR count). The summed E-state index contributed by atoms with van der Waals surface area (Å²) < 4.78 is 1.75. The molecule has 1 N–H and O–H groups in total. The SMILES string of the molecule is N#CC(=NO)Sc1nc2ccccc2s1.[H-].[Na+].